The molecule has 10 heavy (non-hydrogen) atoms. The van der Waals surface area contributed by atoms with Crippen molar-refractivity contribution in [1.29, 1.82) is 0 Å². The van der Waals surface area contributed by atoms with E-state index in [2.05, 4.69) is 0 Å². The van der Waals surface area contributed by atoms with Crippen LogP contribution in [-0.4, -0.2) is 35.1 Å². The number of allylic oxidation sites excluding steroid dienone is 1. The van der Waals surface area contributed by atoms with Crippen molar-refractivity contribution in [1.82, 2.24) is 4.90 Å². The van der Waals surface area contributed by atoms with Crippen LogP contribution in [0.2, 0.25) is 0 Å². The third-order valence-corrected chi connectivity index (χ3v) is 1.48. The molecule has 1 heterocycles. The summed E-state index contributed by atoms with van der Waals surface area (Å²) in [5.74, 6) is -0.00667. The Morgan fingerprint density at radius 3 is 2.70 bits per heavy atom. The molecule has 1 saturated heterocycles. The predicted molar refractivity (Wildman–Crippen MR) is 37.4 cm³/mol. The van der Waals surface area contributed by atoms with Crippen LogP contribution in [-0.2, 0) is 4.79 Å². The highest BCUT2D eigenvalue weighted by Gasteiger charge is 2.26. The highest BCUT2D eigenvalue weighted by atomic mass is 16.3. The molecule has 3 heteroatoms. The van der Waals surface area contributed by atoms with E-state index < -0.39 is 0 Å². The van der Waals surface area contributed by atoms with Crippen LogP contribution in [0.1, 0.15) is 6.92 Å². The lowest BCUT2D eigenvalue weighted by Crippen LogP contribution is -2.52. The van der Waals surface area contributed by atoms with Gasteiger partial charge in [-0.05, 0) is 13.0 Å². The fourth-order valence-electron chi connectivity index (χ4n) is 0.883. The molecule has 0 aromatic carbocycles. The zero-order valence-corrected chi connectivity index (χ0v) is 5.95. The summed E-state index contributed by atoms with van der Waals surface area (Å²) in [4.78, 5) is 12.5. The lowest BCUT2D eigenvalue weighted by atomic mass is 10.2. The van der Waals surface area contributed by atoms with Crippen molar-refractivity contribution in [3.8, 4) is 0 Å². The van der Waals surface area contributed by atoms with Gasteiger partial charge >= 0.3 is 0 Å². The van der Waals surface area contributed by atoms with Crippen LogP contribution < -0.4 is 0 Å². The van der Waals surface area contributed by atoms with Crippen molar-refractivity contribution in [3.05, 3.63) is 12.2 Å². The van der Waals surface area contributed by atoms with Gasteiger partial charge < -0.3 is 10.0 Å². The number of hydrogen-bond acceptors (Lipinski definition) is 2. The number of carbonyl (C=O) groups excluding carboxylic acids is 1. The second-order valence-corrected chi connectivity index (χ2v) is 2.40. The van der Waals surface area contributed by atoms with Crippen molar-refractivity contribution in [2.24, 2.45) is 0 Å². The van der Waals surface area contributed by atoms with Gasteiger partial charge in [-0.15, -0.1) is 0 Å². The van der Waals surface area contributed by atoms with Crippen LogP contribution >= 0.6 is 0 Å². The fraction of sp³-hybridized carbons (Fsp3) is 0.571. The molecule has 56 valence electrons. The molecule has 0 aromatic rings. The number of β-amino-alcohol motifs (C(OH)–C–C–N with tert-alkyl or cyclic N) is 1. The summed E-state index contributed by atoms with van der Waals surface area (Å²) >= 11 is 0. The molecule has 0 radical (unpaired) electrons. The van der Waals surface area contributed by atoms with Gasteiger partial charge in [-0.3, -0.25) is 4.79 Å². The first-order valence-corrected chi connectivity index (χ1v) is 3.33. The third-order valence-electron chi connectivity index (χ3n) is 1.48. The van der Waals surface area contributed by atoms with Crippen LogP contribution in [0, 0.1) is 0 Å². The minimum Gasteiger partial charge on any atom is -0.389 e. The summed E-state index contributed by atoms with van der Waals surface area (Å²) < 4.78 is 0. The molecule has 0 bridgehead atoms. The van der Waals surface area contributed by atoms with E-state index in [0.717, 1.165) is 0 Å². The van der Waals surface area contributed by atoms with E-state index in [9.17, 15) is 4.79 Å². The van der Waals surface area contributed by atoms with Gasteiger partial charge in [-0.1, -0.05) is 6.08 Å². The van der Waals surface area contributed by atoms with Gasteiger partial charge in [0.1, 0.15) is 0 Å². The second kappa shape index (κ2) is 2.84. The van der Waals surface area contributed by atoms with Crippen molar-refractivity contribution in [2.45, 2.75) is 13.0 Å². The first-order chi connectivity index (χ1) is 4.74. The number of rotatable bonds is 1. The molecule has 1 aliphatic heterocycles. The maximum Gasteiger partial charge on any atom is 0.246 e. The van der Waals surface area contributed by atoms with Crippen molar-refractivity contribution < 1.29 is 9.90 Å². The SMILES string of the molecule is C/C=C/C(=O)N1CC(O)C1. The lowest BCUT2D eigenvalue weighted by molar-refractivity contribution is -0.135. The zero-order valence-electron chi connectivity index (χ0n) is 5.95. The number of aliphatic hydroxyl groups excluding tert-OH is 1. The highest BCUT2D eigenvalue weighted by Crippen LogP contribution is 2.07. The molecule has 1 fully saturated rings. The molecule has 0 atom stereocenters. The summed E-state index contributed by atoms with van der Waals surface area (Å²) in [6.45, 7) is 2.78. The minimum atomic E-state index is -0.297. The maximum atomic E-state index is 10.9. The van der Waals surface area contributed by atoms with Gasteiger partial charge in [0.15, 0.2) is 0 Å². The number of nitrogens with zero attached hydrogens (tertiary/aromatic N) is 1. The predicted octanol–water partition coefficient (Wildman–Crippen LogP) is -0.234. The van der Waals surface area contributed by atoms with Crippen molar-refractivity contribution in [3.63, 3.8) is 0 Å². The lowest BCUT2D eigenvalue weighted by Gasteiger charge is -2.34. The van der Waals surface area contributed by atoms with Crippen molar-refractivity contribution >= 4 is 5.91 Å². The molecule has 1 aliphatic rings. The van der Waals surface area contributed by atoms with E-state index in [1.54, 1.807) is 17.9 Å². The molecular weight excluding hydrogens is 130 g/mol. The molecule has 1 amide bonds. The monoisotopic (exact) mass is 141 g/mol. The normalized spacial score (nSPS) is 19.6. The quantitative estimate of drug-likeness (QED) is 0.512. The van der Waals surface area contributed by atoms with Crippen LogP contribution in [0.15, 0.2) is 12.2 Å². The largest absolute Gasteiger partial charge is 0.389 e. The van der Waals surface area contributed by atoms with E-state index in [0.29, 0.717) is 13.1 Å². The smallest absolute Gasteiger partial charge is 0.246 e. The van der Waals surface area contributed by atoms with Gasteiger partial charge in [0.05, 0.1) is 6.10 Å². The highest BCUT2D eigenvalue weighted by molar-refractivity contribution is 5.88. The first-order valence-electron chi connectivity index (χ1n) is 3.33. The van der Waals surface area contributed by atoms with Gasteiger partial charge in [-0.2, -0.15) is 0 Å². The Morgan fingerprint density at radius 2 is 2.30 bits per heavy atom. The van der Waals surface area contributed by atoms with Crippen LogP contribution in [0.25, 0.3) is 0 Å². The van der Waals surface area contributed by atoms with Crippen LogP contribution in [0.4, 0.5) is 0 Å². The Balaban J connectivity index is 2.31. The molecule has 1 N–H and O–H groups in total. The first kappa shape index (κ1) is 7.28. The Bertz CT molecular complexity index is 159. The van der Waals surface area contributed by atoms with Crippen LogP contribution in [0.3, 0.4) is 0 Å². The molecule has 1 rings (SSSR count). The van der Waals surface area contributed by atoms with Gasteiger partial charge in [-0.25, -0.2) is 0 Å². The molecule has 0 saturated carbocycles. The molecule has 0 aromatic heterocycles. The molecule has 3 nitrogen and oxygen atoms in total. The van der Waals surface area contributed by atoms with Gasteiger partial charge in [0.2, 0.25) is 5.91 Å². The molecule has 0 aliphatic carbocycles. The van der Waals surface area contributed by atoms with E-state index in [-0.39, 0.29) is 12.0 Å². The van der Waals surface area contributed by atoms with Crippen LogP contribution in [0.5, 0.6) is 0 Å². The molecular formula is C7H11NO2. The van der Waals surface area contributed by atoms with Gasteiger partial charge in [0.25, 0.3) is 0 Å². The topological polar surface area (TPSA) is 40.5 Å². The summed E-state index contributed by atoms with van der Waals surface area (Å²) in [6.07, 6.45) is 2.91. The minimum absolute atomic E-state index is 0.00667. The zero-order chi connectivity index (χ0) is 7.56. The number of likely N-dealkylation sites (tertiary alicyclic amines) is 1. The molecule has 0 spiro atoms. The van der Waals surface area contributed by atoms with E-state index in [1.807, 2.05) is 0 Å². The fourth-order valence-corrected chi connectivity index (χ4v) is 0.883. The number of carbonyl (C=O) groups is 1. The Labute approximate surface area is 59.9 Å². The van der Waals surface area contributed by atoms with E-state index in [1.165, 1.54) is 6.08 Å². The third kappa shape index (κ3) is 1.36. The van der Waals surface area contributed by atoms with E-state index >= 15 is 0 Å². The summed E-state index contributed by atoms with van der Waals surface area (Å²) in [5, 5.41) is 8.82. The van der Waals surface area contributed by atoms with Gasteiger partial charge in [0, 0.05) is 13.1 Å². The van der Waals surface area contributed by atoms with Crippen molar-refractivity contribution in [2.75, 3.05) is 13.1 Å². The number of aliphatic hydroxyl groups is 1. The Kier molecular flexibility index (Phi) is 2.06. The average Bonchev–Trinajstić information content (AvgIpc) is 1.82. The maximum absolute atomic E-state index is 10.9. The summed E-state index contributed by atoms with van der Waals surface area (Å²) in [5.41, 5.74) is 0. The number of hydrogen-bond donors (Lipinski definition) is 1. The summed E-state index contributed by atoms with van der Waals surface area (Å²) in [6, 6.07) is 0. The Hall–Kier alpha value is -0.830. The summed E-state index contributed by atoms with van der Waals surface area (Å²) in [7, 11) is 0. The van der Waals surface area contributed by atoms with E-state index in [4.69, 9.17) is 5.11 Å². The second-order valence-electron chi connectivity index (χ2n) is 2.40. The Morgan fingerprint density at radius 1 is 1.70 bits per heavy atom. The average molecular weight is 141 g/mol. The standard InChI is InChI=1S/C7H11NO2/c1-2-3-7(10)8-4-6(9)5-8/h2-3,6,9H,4-5H2,1H3/b3-2+. The molecule has 0 unspecified atom stereocenters. The number of amides is 1.